The maximum atomic E-state index is 11.3. The van der Waals surface area contributed by atoms with Crippen LogP contribution in [0.4, 0.5) is 0 Å². The molecule has 2 nitrogen and oxygen atoms in total. The summed E-state index contributed by atoms with van der Waals surface area (Å²) in [6.07, 6.45) is 0.817. The van der Waals surface area contributed by atoms with Gasteiger partial charge >= 0.3 is 0 Å². The standard InChI is InChI=1S/C7H16NOP/c1-7-4-8(5-7)6-10(2,3)9/h7H,4-6H2,1-3H3. The number of likely N-dealkylation sites (tertiary alicyclic amines) is 1. The van der Waals surface area contributed by atoms with Gasteiger partial charge in [-0.3, -0.25) is 4.90 Å². The zero-order valence-electron chi connectivity index (χ0n) is 7.00. The van der Waals surface area contributed by atoms with Crippen molar-refractivity contribution in [3.05, 3.63) is 0 Å². The van der Waals surface area contributed by atoms with Crippen molar-refractivity contribution in [2.24, 2.45) is 5.92 Å². The first-order valence-electron chi connectivity index (χ1n) is 3.74. The fourth-order valence-corrected chi connectivity index (χ4v) is 2.62. The summed E-state index contributed by atoms with van der Waals surface area (Å²) in [5.41, 5.74) is 0. The van der Waals surface area contributed by atoms with Gasteiger partial charge in [-0.1, -0.05) is 6.92 Å². The Labute approximate surface area is 63.0 Å². The fourth-order valence-electron chi connectivity index (χ4n) is 1.43. The van der Waals surface area contributed by atoms with Crippen LogP contribution >= 0.6 is 7.14 Å². The first kappa shape index (κ1) is 8.29. The topological polar surface area (TPSA) is 20.3 Å². The van der Waals surface area contributed by atoms with E-state index in [1.807, 2.05) is 13.3 Å². The van der Waals surface area contributed by atoms with E-state index in [1.54, 1.807) is 0 Å². The molecule has 0 aromatic carbocycles. The summed E-state index contributed by atoms with van der Waals surface area (Å²) in [6.45, 7) is 8.23. The minimum Gasteiger partial charge on any atom is -0.323 e. The molecule has 3 heteroatoms. The highest BCUT2D eigenvalue weighted by Crippen LogP contribution is 2.38. The summed E-state index contributed by atoms with van der Waals surface area (Å²) >= 11 is 0. The zero-order valence-corrected chi connectivity index (χ0v) is 7.90. The molecule has 1 aliphatic rings. The number of hydrogen-bond donors (Lipinski definition) is 0. The number of nitrogens with zero attached hydrogens (tertiary/aromatic N) is 1. The average molecular weight is 161 g/mol. The van der Waals surface area contributed by atoms with Gasteiger partial charge < -0.3 is 4.57 Å². The summed E-state index contributed by atoms with van der Waals surface area (Å²) < 4.78 is 11.3. The molecule has 10 heavy (non-hydrogen) atoms. The third-order valence-corrected chi connectivity index (χ3v) is 2.76. The molecule has 0 unspecified atom stereocenters. The summed E-state index contributed by atoms with van der Waals surface area (Å²) in [6, 6.07) is 0. The largest absolute Gasteiger partial charge is 0.323 e. The minimum absolute atomic E-state index is 0.817. The fraction of sp³-hybridized carbons (Fsp3) is 1.00. The highest BCUT2D eigenvalue weighted by molar-refractivity contribution is 7.62. The Balaban J connectivity index is 2.23. The van der Waals surface area contributed by atoms with E-state index in [2.05, 4.69) is 11.8 Å². The van der Waals surface area contributed by atoms with Crippen LogP contribution < -0.4 is 0 Å². The summed E-state index contributed by atoms with van der Waals surface area (Å²) in [7, 11) is -1.79. The van der Waals surface area contributed by atoms with Crippen LogP contribution in [0.1, 0.15) is 6.92 Å². The molecular weight excluding hydrogens is 145 g/mol. The Morgan fingerprint density at radius 1 is 1.50 bits per heavy atom. The van der Waals surface area contributed by atoms with Crippen molar-refractivity contribution in [1.29, 1.82) is 0 Å². The smallest absolute Gasteiger partial charge is 0.0951 e. The van der Waals surface area contributed by atoms with E-state index in [-0.39, 0.29) is 0 Å². The molecule has 1 aliphatic heterocycles. The van der Waals surface area contributed by atoms with Crippen molar-refractivity contribution < 1.29 is 4.57 Å². The van der Waals surface area contributed by atoms with Gasteiger partial charge in [0.05, 0.1) is 13.4 Å². The lowest BCUT2D eigenvalue weighted by Crippen LogP contribution is -2.45. The Morgan fingerprint density at radius 2 is 2.00 bits per heavy atom. The molecular formula is C7H16NOP. The van der Waals surface area contributed by atoms with E-state index in [0.29, 0.717) is 0 Å². The lowest BCUT2D eigenvalue weighted by Gasteiger charge is -2.37. The maximum Gasteiger partial charge on any atom is 0.0951 e. The van der Waals surface area contributed by atoms with Gasteiger partial charge in [0.2, 0.25) is 0 Å². The van der Waals surface area contributed by atoms with E-state index in [0.717, 1.165) is 25.3 Å². The summed E-state index contributed by atoms with van der Waals surface area (Å²) in [5, 5.41) is 0. The van der Waals surface area contributed by atoms with Crippen LogP contribution in [-0.2, 0) is 4.57 Å². The summed E-state index contributed by atoms with van der Waals surface area (Å²) in [5.74, 6) is 0.826. The first-order valence-corrected chi connectivity index (χ1v) is 6.52. The van der Waals surface area contributed by atoms with Gasteiger partial charge in [0.15, 0.2) is 0 Å². The van der Waals surface area contributed by atoms with Gasteiger partial charge in [0.25, 0.3) is 0 Å². The molecule has 0 radical (unpaired) electrons. The van der Waals surface area contributed by atoms with Crippen molar-refractivity contribution in [3.8, 4) is 0 Å². The SMILES string of the molecule is CC1CN(CP(C)(C)=O)C1. The van der Waals surface area contributed by atoms with Crippen LogP contribution in [0.25, 0.3) is 0 Å². The molecule has 0 aliphatic carbocycles. The Morgan fingerprint density at radius 3 is 2.30 bits per heavy atom. The third-order valence-electron chi connectivity index (χ3n) is 1.68. The van der Waals surface area contributed by atoms with Crippen molar-refractivity contribution in [3.63, 3.8) is 0 Å². The molecule has 0 bridgehead atoms. The van der Waals surface area contributed by atoms with Crippen molar-refractivity contribution in [2.45, 2.75) is 6.92 Å². The first-order chi connectivity index (χ1) is 4.47. The van der Waals surface area contributed by atoms with Gasteiger partial charge in [-0.15, -0.1) is 0 Å². The van der Waals surface area contributed by atoms with E-state index in [9.17, 15) is 4.57 Å². The zero-order chi connectivity index (χ0) is 7.78. The molecule has 0 atom stereocenters. The van der Waals surface area contributed by atoms with Crippen LogP contribution in [-0.4, -0.2) is 37.6 Å². The Kier molecular flexibility index (Phi) is 2.21. The highest BCUT2D eigenvalue weighted by Gasteiger charge is 2.25. The van der Waals surface area contributed by atoms with Crippen LogP contribution in [0.5, 0.6) is 0 Å². The Bertz CT molecular complexity index is 157. The normalized spacial score (nSPS) is 22.7. The molecule has 60 valence electrons. The average Bonchev–Trinajstić information content (AvgIpc) is 1.57. The van der Waals surface area contributed by atoms with E-state index >= 15 is 0 Å². The van der Waals surface area contributed by atoms with E-state index < -0.39 is 7.14 Å². The molecule has 0 spiro atoms. The van der Waals surface area contributed by atoms with E-state index in [4.69, 9.17) is 0 Å². The molecule has 1 rings (SSSR count). The molecule has 0 saturated carbocycles. The molecule has 0 N–H and O–H groups in total. The van der Waals surface area contributed by atoms with Gasteiger partial charge in [-0.25, -0.2) is 0 Å². The van der Waals surface area contributed by atoms with Gasteiger partial charge in [0.1, 0.15) is 0 Å². The van der Waals surface area contributed by atoms with Gasteiger partial charge in [-0.2, -0.15) is 0 Å². The second-order valence-corrected chi connectivity index (χ2v) is 7.29. The predicted octanol–water partition coefficient (Wildman–Crippen LogP) is 1.52. The quantitative estimate of drug-likeness (QED) is 0.572. The molecule has 0 amide bonds. The van der Waals surface area contributed by atoms with Gasteiger partial charge in [0, 0.05) is 13.1 Å². The monoisotopic (exact) mass is 161 g/mol. The Hall–Kier alpha value is 0.190. The molecule has 0 aromatic rings. The minimum atomic E-state index is -1.79. The highest BCUT2D eigenvalue weighted by atomic mass is 31.2. The lowest BCUT2D eigenvalue weighted by molar-refractivity contribution is 0.137. The van der Waals surface area contributed by atoms with Crippen LogP contribution in [0.2, 0.25) is 0 Å². The van der Waals surface area contributed by atoms with Crippen molar-refractivity contribution in [2.75, 3.05) is 32.7 Å². The predicted molar refractivity (Wildman–Crippen MR) is 45.1 cm³/mol. The molecule has 0 aromatic heterocycles. The van der Waals surface area contributed by atoms with Crippen LogP contribution in [0, 0.1) is 5.92 Å². The molecule has 1 saturated heterocycles. The van der Waals surface area contributed by atoms with Crippen LogP contribution in [0.3, 0.4) is 0 Å². The third kappa shape index (κ3) is 2.43. The second kappa shape index (κ2) is 2.67. The maximum absolute atomic E-state index is 11.3. The molecule has 1 fully saturated rings. The van der Waals surface area contributed by atoms with Crippen molar-refractivity contribution >= 4 is 7.14 Å². The second-order valence-electron chi connectivity index (χ2n) is 3.86. The lowest BCUT2D eigenvalue weighted by atomic mass is 10.1. The van der Waals surface area contributed by atoms with E-state index in [1.165, 1.54) is 0 Å². The van der Waals surface area contributed by atoms with Gasteiger partial charge in [-0.05, 0) is 19.2 Å². The summed E-state index contributed by atoms with van der Waals surface area (Å²) in [4.78, 5) is 2.27. The number of rotatable bonds is 2. The number of hydrogen-bond acceptors (Lipinski definition) is 2. The van der Waals surface area contributed by atoms with Crippen molar-refractivity contribution in [1.82, 2.24) is 4.90 Å². The van der Waals surface area contributed by atoms with Crippen LogP contribution in [0.15, 0.2) is 0 Å². The molecule has 1 heterocycles.